The van der Waals surface area contributed by atoms with E-state index in [0.717, 1.165) is 37.1 Å². The molecule has 0 unspecified atom stereocenters. The summed E-state index contributed by atoms with van der Waals surface area (Å²) in [5.74, 6) is -0.0242. The molecule has 4 N–H and O–H groups in total. The van der Waals surface area contributed by atoms with Gasteiger partial charge in [0.2, 0.25) is 5.91 Å². The molecule has 0 aliphatic carbocycles. The van der Waals surface area contributed by atoms with Gasteiger partial charge in [-0.1, -0.05) is 12.1 Å². The molecular formula is C15H25N3O2. The summed E-state index contributed by atoms with van der Waals surface area (Å²) >= 11 is 0. The fraction of sp³-hybridized carbons (Fsp3) is 0.533. The molecule has 0 aromatic heterocycles. The van der Waals surface area contributed by atoms with E-state index in [1.807, 2.05) is 36.2 Å². The molecule has 0 saturated heterocycles. The van der Waals surface area contributed by atoms with Crippen molar-refractivity contribution in [2.75, 3.05) is 32.1 Å². The fourth-order valence-electron chi connectivity index (χ4n) is 1.97. The van der Waals surface area contributed by atoms with Crippen LogP contribution in [0.25, 0.3) is 0 Å². The Hall–Kier alpha value is -1.43. The molecule has 1 aromatic rings. The molecule has 1 aromatic carbocycles. The van der Waals surface area contributed by atoms with Crippen LogP contribution in [0.15, 0.2) is 24.3 Å². The van der Waals surface area contributed by atoms with E-state index in [1.165, 1.54) is 0 Å². The number of aliphatic hydroxyl groups excluding tert-OH is 1. The second kappa shape index (κ2) is 9.47. The number of anilines is 1. The number of likely N-dealkylation sites (N-methyl/N-ethyl adjacent to an activating group) is 1. The van der Waals surface area contributed by atoms with E-state index in [2.05, 4.69) is 5.32 Å². The summed E-state index contributed by atoms with van der Waals surface area (Å²) in [5.41, 5.74) is 7.36. The molecule has 0 fully saturated rings. The average Bonchev–Trinajstić information content (AvgIpc) is 2.43. The minimum atomic E-state index is -0.0242. The van der Waals surface area contributed by atoms with Crippen molar-refractivity contribution in [2.24, 2.45) is 5.73 Å². The van der Waals surface area contributed by atoms with E-state index in [9.17, 15) is 4.79 Å². The van der Waals surface area contributed by atoms with Crippen molar-refractivity contribution in [1.29, 1.82) is 0 Å². The lowest BCUT2D eigenvalue weighted by Crippen LogP contribution is -2.31. The average molecular weight is 279 g/mol. The lowest BCUT2D eigenvalue weighted by molar-refractivity contribution is -0.117. The van der Waals surface area contributed by atoms with Crippen LogP contribution in [0.3, 0.4) is 0 Å². The Labute approximate surface area is 120 Å². The molecule has 0 spiro atoms. The normalized spacial score (nSPS) is 10.8. The quantitative estimate of drug-likeness (QED) is 0.593. The Morgan fingerprint density at radius 2 is 2.15 bits per heavy atom. The highest BCUT2D eigenvalue weighted by Gasteiger charge is 2.06. The monoisotopic (exact) mass is 279 g/mol. The smallest absolute Gasteiger partial charge is 0.238 e. The van der Waals surface area contributed by atoms with Gasteiger partial charge in [0.15, 0.2) is 0 Å². The minimum absolute atomic E-state index is 0.0242. The zero-order valence-corrected chi connectivity index (χ0v) is 12.1. The predicted molar refractivity (Wildman–Crippen MR) is 81.4 cm³/mol. The summed E-state index contributed by atoms with van der Waals surface area (Å²) in [6.07, 6.45) is 2.81. The van der Waals surface area contributed by atoms with Crippen LogP contribution >= 0.6 is 0 Å². The third-order valence-electron chi connectivity index (χ3n) is 3.06. The first-order chi connectivity index (χ1) is 9.65. The molecule has 0 bridgehead atoms. The maximum atomic E-state index is 11.9. The van der Waals surface area contributed by atoms with Gasteiger partial charge in [0, 0.05) is 18.8 Å². The van der Waals surface area contributed by atoms with E-state index in [0.29, 0.717) is 13.1 Å². The van der Waals surface area contributed by atoms with Crippen LogP contribution < -0.4 is 11.1 Å². The molecule has 5 nitrogen and oxygen atoms in total. The lowest BCUT2D eigenvalue weighted by atomic mass is 10.2. The zero-order chi connectivity index (χ0) is 14.8. The van der Waals surface area contributed by atoms with Gasteiger partial charge in [0.05, 0.1) is 6.54 Å². The van der Waals surface area contributed by atoms with Crippen LogP contribution in [0, 0.1) is 0 Å². The largest absolute Gasteiger partial charge is 0.396 e. The Morgan fingerprint density at radius 3 is 2.85 bits per heavy atom. The maximum absolute atomic E-state index is 11.9. The molecule has 0 heterocycles. The van der Waals surface area contributed by atoms with Crippen LogP contribution in [0.2, 0.25) is 0 Å². The lowest BCUT2D eigenvalue weighted by Gasteiger charge is -2.16. The molecule has 0 radical (unpaired) electrons. The standard InChI is InChI=1S/C15H25N3O2/c1-18(8-3-2-4-9-19)12-15(20)17-14-7-5-6-13(10-14)11-16/h5-7,10,19H,2-4,8-9,11-12,16H2,1H3,(H,17,20). The van der Waals surface area contributed by atoms with Gasteiger partial charge in [0.1, 0.15) is 0 Å². The second-order valence-electron chi connectivity index (χ2n) is 4.97. The summed E-state index contributed by atoms with van der Waals surface area (Å²) in [6, 6.07) is 7.57. The molecule has 20 heavy (non-hydrogen) atoms. The highest BCUT2D eigenvalue weighted by atomic mass is 16.2. The Morgan fingerprint density at radius 1 is 1.35 bits per heavy atom. The zero-order valence-electron chi connectivity index (χ0n) is 12.1. The molecule has 1 rings (SSSR count). The number of unbranched alkanes of at least 4 members (excludes halogenated alkanes) is 2. The van der Waals surface area contributed by atoms with E-state index >= 15 is 0 Å². The van der Waals surface area contributed by atoms with Crippen LogP contribution in [-0.2, 0) is 11.3 Å². The number of nitrogens with zero attached hydrogens (tertiary/aromatic N) is 1. The first-order valence-corrected chi connectivity index (χ1v) is 7.04. The summed E-state index contributed by atoms with van der Waals surface area (Å²) in [5, 5.41) is 11.6. The Kier molecular flexibility index (Phi) is 7.87. The van der Waals surface area contributed by atoms with Crippen molar-refractivity contribution in [3.63, 3.8) is 0 Å². The predicted octanol–water partition coefficient (Wildman–Crippen LogP) is 1.18. The third kappa shape index (κ3) is 6.65. The van der Waals surface area contributed by atoms with Gasteiger partial charge >= 0.3 is 0 Å². The molecule has 0 saturated carbocycles. The second-order valence-corrected chi connectivity index (χ2v) is 4.97. The van der Waals surface area contributed by atoms with Crippen molar-refractivity contribution in [2.45, 2.75) is 25.8 Å². The highest BCUT2D eigenvalue weighted by Crippen LogP contribution is 2.10. The van der Waals surface area contributed by atoms with Crippen molar-refractivity contribution in [3.05, 3.63) is 29.8 Å². The number of benzene rings is 1. The van der Waals surface area contributed by atoms with Crippen LogP contribution in [0.4, 0.5) is 5.69 Å². The van der Waals surface area contributed by atoms with E-state index in [-0.39, 0.29) is 12.5 Å². The van der Waals surface area contributed by atoms with Crippen molar-refractivity contribution in [1.82, 2.24) is 4.90 Å². The number of amides is 1. The number of nitrogens with two attached hydrogens (primary N) is 1. The summed E-state index contributed by atoms with van der Waals surface area (Å²) in [6.45, 7) is 1.93. The molecule has 0 atom stereocenters. The molecule has 0 aliphatic rings. The summed E-state index contributed by atoms with van der Waals surface area (Å²) < 4.78 is 0. The van der Waals surface area contributed by atoms with Gasteiger partial charge in [-0.05, 0) is 50.6 Å². The topological polar surface area (TPSA) is 78.6 Å². The molecule has 1 amide bonds. The Bertz CT molecular complexity index is 410. The summed E-state index contributed by atoms with van der Waals surface area (Å²) in [7, 11) is 1.93. The van der Waals surface area contributed by atoms with Crippen molar-refractivity contribution >= 4 is 11.6 Å². The van der Waals surface area contributed by atoms with Gasteiger partial charge in [-0.15, -0.1) is 0 Å². The van der Waals surface area contributed by atoms with Crippen LogP contribution in [-0.4, -0.2) is 42.7 Å². The number of rotatable bonds is 9. The van der Waals surface area contributed by atoms with Crippen molar-refractivity contribution < 1.29 is 9.90 Å². The molecular weight excluding hydrogens is 254 g/mol. The highest BCUT2D eigenvalue weighted by molar-refractivity contribution is 5.92. The first kappa shape index (κ1) is 16.6. The molecule has 0 aliphatic heterocycles. The Balaban J connectivity index is 2.31. The SMILES string of the molecule is CN(CCCCCO)CC(=O)Nc1cccc(CN)c1. The van der Waals surface area contributed by atoms with Gasteiger partial charge in [-0.25, -0.2) is 0 Å². The van der Waals surface area contributed by atoms with E-state index < -0.39 is 0 Å². The van der Waals surface area contributed by atoms with E-state index in [4.69, 9.17) is 10.8 Å². The van der Waals surface area contributed by atoms with E-state index in [1.54, 1.807) is 0 Å². The maximum Gasteiger partial charge on any atom is 0.238 e. The van der Waals surface area contributed by atoms with Gasteiger partial charge in [-0.3, -0.25) is 9.69 Å². The van der Waals surface area contributed by atoms with Gasteiger partial charge in [0.25, 0.3) is 0 Å². The number of hydrogen-bond acceptors (Lipinski definition) is 4. The molecule has 5 heteroatoms. The van der Waals surface area contributed by atoms with Crippen LogP contribution in [0.5, 0.6) is 0 Å². The third-order valence-corrected chi connectivity index (χ3v) is 3.06. The minimum Gasteiger partial charge on any atom is -0.396 e. The number of carbonyl (C=O) groups is 1. The number of hydrogen-bond donors (Lipinski definition) is 3. The number of carbonyl (C=O) groups excluding carboxylic acids is 1. The van der Waals surface area contributed by atoms with Gasteiger partial charge < -0.3 is 16.2 Å². The summed E-state index contributed by atoms with van der Waals surface area (Å²) in [4.78, 5) is 13.9. The van der Waals surface area contributed by atoms with Gasteiger partial charge in [-0.2, -0.15) is 0 Å². The fourth-order valence-corrected chi connectivity index (χ4v) is 1.97. The van der Waals surface area contributed by atoms with Crippen molar-refractivity contribution in [3.8, 4) is 0 Å². The first-order valence-electron chi connectivity index (χ1n) is 7.04. The number of aliphatic hydroxyl groups is 1. The molecule has 112 valence electrons. The van der Waals surface area contributed by atoms with Crippen LogP contribution in [0.1, 0.15) is 24.8 Å². The number of nitrogens with one attached hydrogen (secondary N) is 1.